The molecule has 2 heterocycles. The summed E-state index contributed by atoms with van der Waals surface area (Å²) in [6.45, 7) is 3.69. The number of piperazine rings is 1. The maximum absolute atomic E-state index is 13.5. The fourth-order valence-corrected chi connectivity index (χ4v) is 5.75. The van der Waals surface area contributed by atoms with Gasteiger partial charge in [0.15, 0.2) is 0 Å². The van der Waals surface area contributed by atoms with E-state index in [2.05, 4.69) is 22.8 Å². The van der Waals surface area contributed by atoms with Crippen molar-refractivity contribution in [2.45, 2.75) is 26.3 Å². The van der Waals surface area contributed by atoms with Crippen LogP contribution in [0.4, 0.5) is 5.69 Å². The number of benzene rings is 2. The maximum Gasteiger partial charge on any atom is 0.316 e. The molecule has 0 amide bonds. The van der Waals surface area contributed by atoms with Crippen LogP contribution in [0.1, 0.15) is 30.9 Å². The van der Waals surface area contributed by atoms with Crippen LogP contribution in [0.25, 0.3) is 5.69 Å². The molecular weight excluding hydrogens is 540 g/mol. The van der Waals surface area contributed by atoms with Gasteiger partial charge < -0.3 is 9.64 Å². The number of rotatable bonds is 9. The molecule has 1 saturated heterocycles. The number of nitriles is 1. The van der Waals surface area contributed by atoms with Crippen molar-refractivity contribution >= 4 is 27.5 Å². The third-order valence-corrected chi connectivity index (χ3v) is 8.93. The molecule has 1 N–H and O–H groups in total. The lowest BCUT2D eigenvalue weighted by Crippen LogP contribution is -2.52. The van der Waals surface area contributed by atoms with E-state index >= 15 is 0 Å². The molecule has 1 aliphatic carbocycles. The maximum atomic E-state index is 13.5. The van der Waals surface area contributed by atoms with E-state index in [-0.39, 0.29) is 30.8 Å². The van der Waals surface area contributed by atoms with E-state index in [1.54, 1.807) is 54.7 Å². The Hall–Kier alpha value is -3.43. The van der Waals surface area contributed by atoms with Gasteiger partial charge >= 0.3 is 5.56 Å². The third kappa shape index (κ3) is 6.09. The van der Waals surface area contributed by atoms with Crippen LogP contribution in [-0.2, 0) is 16.8 Å². The normalized spacial score (nSPS) is 17.0. The van der Waals surface area contributed by atoms with Crippen molar-refractivity contribution in [1.82, 2.24) is 18.8 Å². The Morgan fingerprint density at radius 2 is 1.87 bits per heavy atom. The summed E-state index contributed by atoms with van der Waals surface area (Å²) in [5, 5.41) is 14.1. The van der Waals surface area contributed by atoms with Crippen molar-refractivity contribution in [1.29, 1.82) is 5.26 Å². The fourth-order valence-electron chi connectivity index (χ4n) is 4.40. The molecule has 1 aliphatic heterocycles. The standard InChI is InChI=1S/C27H29ClN6O4S/c1-27(9-10-27)19-38-25-24(18-30-34(26(25)35)23-8-4-7-22(28)15-23)32-11-13-33(14-12-32)39(36,37)31-17-21-6-3-2-5-20(21)16-29/h2-8,15,18,31H,9-14,17,19H2,1H3. The van der Waals surface area contributed by atoms with Crippen molar-refractivity contribution in [3.05, 3.63) is 81.2 Å². The monoisotopic (exact) mass is 568 g/mol. The minimum Gasteiger partial charge on any atom is -0.486 e. The van der Waals surface area contributed by atoms with E-state index in [1.165, 1.54) is 8.99 Å². The first-order valence-electron chi connectivity index (χ1n) is 12.7. The number of hydrogen-bond acceptors (Lipinski definition) is 7. The first kappa shape index (κ1) is 27.1. The smallest absolute Gasteiger partial charge is 0.316 e. The highest BCUT2D eigenvalue weighted by molar-refractivity contribution is 7.87. The van der Waals surface area contributed by atoms with Crippen molar-refractivity contribution in [2.75, 3.05) is 37.7 Å². The zero-order valence-corrected chi connectivity index (χ0v) is 23.1. The van der Waals surface area contributed by atoms with Gasteiger partial charge in [0.2, 0.25) is 5.75 Å². The summed E-state index contributed by atoms with van der Waals surface area (Å²) in [6, 6.07) is 15.8. The van der Waals surface area contributed by atoms with Gasteiger partial charge in [-0.1, -0.05) is 42.8 Å². The fraction of sp³-hybridized carbons (Fsp3) is 0.370. The zero-order valence-electron chi connectivity index (χ0n) is 21.5. The number of hydrogen-bond donors (Lipinski definition) is 1. The number of ether oxygens (including phenoxy) is 1. The minimum absolute atomic E-state index is 0.0225. The Kier molecular flexibility index (Phi) is 7.64. The second-order valence-electron chi connectivity index (χ2n) is 10.1. The Balaban J connectivity index is 1.33. The van der Waals surface area contributed by atoms with Crippen LogP contribution in [0.3, 0.4) is 0 Å². The summed E-state index contributed by atoms with van der Waals surface area (Å²) in [7, 11) is -3.78. The molecule has 0 atom stereocenters. The molecule has 12 heteroatoms. The molecule has 2 aromatic carbocycles. The molecule has 5 rings (SSSR count). The quantitative estimate of drug-likeness (QED) is 0.421. The molecule has 0 unspecified atom stereocenters. The molecule has 39 heavy (non-hydrogen) atoms. The van der Waals surface area contributed by atoms with Gasteiger partial charge in [-0.05, 0) is 42.7 Å². The molecule has 2 aliphatic rings. The largest absolute Gasteiger partial charge is 0.486 e. The summed E-state index contributed by atoms with van der Waals surface area (Å²) in [5.41, 5.74) is 1.76. The topological polar surface area (TPSA) is 121 Å². The van der Waals surface area contributed by atoms with Crippen LogP contribution >= 0.6 is 11.6 Å². The average Bonchev–Trinajstić information content (AvgIpc) is 3.68. The van der Waals surface area contributed by atoms with Gasteiger partial charge in [0.05, 0.1) is 30.1 Å². The van der Waals surface area contributed by atoms with Gasteiger partial charge in [-0.2, -0.15) is 32.5 Å². The van der Waals surface area contributed by atoms with Gasteiger partial charge in [-0.15, -0.1) is 0 Å². The van der Waals surface area contributed by atoms with E-state index in [9.17, 15) is 18.5 Å². The highest BCUT2D eigenvalue weighted by Crippen LogP contribution is 2.45. The Labute approximate surface area is 232 Å². The van der Waals surface area contributed by atoms with Crippen LogP contribution in [0.15, 0.2) is 59.5 Å². The summed E-state index contributed by atoms with van der Waals surface area (Å²) in [6.07, 6.45) is 3.67. The van der Waals surface area contributed by atoms with Crippen molar-refractivity contribution in [3.8, 4) is 17.5 Å². The zero-order chi connectivity index (χ0) is 27.6. The predicted molar refractivity (Wildman–Crippen MR) is 148 cm³/mol. The van der Waals surface area contributed by atoms with Crippen LogP contribution in [0, 0.1) is 16.7 Å². The molecule has 1 aromatic heterocycles. The van der Waals surface area contributed by atoms with Crippen LogP contribution in [0.2, 0.25) is 5.02 Å². The third-order valence-electron chi connectivity index (χ3n) is 7.14. The Bertz CT molecular complexity index is 1570. The molecule has 3 aromatic rings. The average molecular weight is 569 g/mol. The van der Waals surface area contributed by atoms with Crippen molar-refractivity contribution in [3.63, 3.8) is 0 Å². The number of nitrogens with zero attached hydrogens (tertiary/aromatic N) is 5. The highest BCUT2D eigenvalue weighted by atomic mass is 35.5. The lowest BCUT2D eigenvalue weighted by atomic mass is 10.1. The first-order chi connectivity index (χ1) is 18.7. The van der Waals surface area contributed by atoms with Gasteiger partial charge in [0.1, 0.15) is 5.69 Å². The molecule has 204 valence electrons. The SMILES string of the molecule is CC1(COc2c(N3CCN(S(=O)(=O)NCc4ccccc4C#N)CC3)cnn(-c3cccc(Cl)c3)c2=O)CC1. The van der Waals surface area contributed by atoms with Gasteiger partial charge in [0.25, 0.3) is 10.2 Å². The molecule has 0 spiro atoms. The summed E-state index contributed by atoms with van der Waals surface area (Å²) in [5.74, 6) is 0.195. The number of anilines is 1. The molecule has 1 saturated carbocycles. The highest BCUT2D eigenvalue weighted by Gasteiger charge is 2.39. The van der Waals surface area contributed by atoms with Crippen molar-refractivity contribution < 1.29 is 13.2 Å². The van der Waals surface area contributed by atoms with E-state index in [0.717, 1.165) is 12.8 Å². The van der Waals surface area contributed by atoms with Gasteiger partial charge in [-0.25, -0.2) is 0 Å². The molecule has 10 nitrogen and oxygen atoms in total. The second-order valence-corrected chi connectivity index (χ2v) is 12.3. The van der Waals surface area contributed by atoms with E-state index in [0.29, 0.717) is 47.2 Å². The first-order valence-corrected chi connectivity index (χ1v) is 14.5. The molecule has 0 bridgehead atoms. The van der Waals surface area contributed by atoms with Crippen LogP contribution in [-0.4, -0.2) is 55.3 Å². The minimum atomic E-state index is -3.78. The van der Waals surface area contributed by atoms with E-state index in [4.69, 9.17) is 16.3 Å². The number of halogens is 1. The lowest BCUT2D eigenvalue weighted by Gasteiger charge is -2.35. The lowest BCUT2D eigenvalue weighted by molar-refractivity contribution is 0.242. The molecule has 2 fully saturated rings. The summed E-state index contributed by atoms with van der Waals surface area (Å²) in [4.78, 5) is 15.5. The molecule has 0 radical (unpaired) electrons. The Morgan fingerprint density at radius 1 is 1.13 bits per heavy atom. The van der Waals surface area contributed by atoms with Crippen molar-refractivity contribution in [2.24, 2.45) is 5.41 Å². The molecular formula is C27H29ClN6O4S. The summed E-state index contributed by atoms with van der Waals surface area (Å²) >= 11 is 6.14. The van der Waals surface area contributed by atoms with Gasteiger partial charge in [0, 0.05) is 43.2 Å². The summed E-state index contributed by atoms with van der Waals surface area (Å²) < 4.78 is 37.3. The van der Waals surface area contributed by atoms with Gasteiger partial charge in [-0.3, -0.25) is 4.79 Å². The number of aromatic nitrogens is 2. The van der Waals surface area contributed by atoms with E-state index in [1.807, 2.05) is 4.90 Å². The Morgan fingerprint density at radius 3 is 2.56 bits per heavy atom. The van der Waals surface area contributed by atoms with Crippen LogP contribution < -0.4 is 19.9 Å². The second kappa shape index (κ2) is 11.0. The number of nitrogens with one attached hydrogen (secondary N) is 1. The van der Waals surface area contributed by atoms with E-state index < -0.39 is 15.8 Å². The van der Waals surface area contributed by atoms with Crippen LogP contribution in [0.5, 0.6) is 5.75 Å². The predicted octanol–water partition coefficient (Wildman–Crippen LogP) is 3.09.